The number of nitrogens with one attached hydrogen (secondary N) is 2. The van der Waals surface area contributed by atoms with Gasteiger partial charge in [0, 0.05) is 10.9 Å². The summed E-state index contributed by atoms with van der Waals surface area (Å²) in [6.45, 7) is 6.94. The van der Waals surface area contributed by atoms with Crippen LogP contribution in [0.2, 0.25) is 0 Å². The molecule has 1 aromatic carbocycles. The highest BCUT2D eigenvalue weighted by molar-refractivity contribution is 5.92. The molecule has 2 N–H and O–H groups in total. The number of aromatic nitrogens is 1. The van der Waals surface area contributed by atoms with Crippen LogP contribution in [-0.4, -0.2) is 61.3 Å². The van der Waals surface area contributed by atoms with E-state index < -0.39 is 5.97 Å². The summed E-state index contributed by atoms with van der Waals surface area (Å²) in [6.07, 6.45) is -0.308. The van der Waals surface area contributed by atoms with E-state index in [0.717, 1.165) is 4.90 Å². The number of nitrogens with zero attached hydrogens (tertiary/aromatic N) is 1. The first-order chi connectivity index (χ1) is 13.5. The van der Waals surface area contributed by atoms with Crippen LogP contribution in [0.3, 0.4) is 0 Å². The number of amides is 1. The lowest BCUT2D eigenvalue weighted by atomic mass is 10.1. The zero-order valence-electron chi connectivity index (χ0n) is 16.2. The number of benzene rings is 1. The Morgan fingerprint density at radius 1 is 1.11 bits per heavy atom. The number of piperazine rings is 1. The normalized spacial score (nSPS) is 14.9. The summed E-state index contributed by atoms with van der Waals surface area (Å²) in [7, 11) is 0. The van der Waals surface area contributed by atoms with Crippen LogP contribution in [-0.2, 0) is 16.0 Å². The van der Waals surface area contributed by atoms with Crippen molar-refractivity contribution in [3.05, 3.63) is 45.7 Å². The van der Waals surface area contributed by atoms with Gasteiger partial charge in [-0.15, -0.1) is 0 Å². The fourth-order valence-corrected chi connectivity index (χ4v) is 3.47. The molecule has 0 spiro atoms. The van der Waals surface area contributed by atoms with Gasteiger partial charge in [-0.05, 0) is 26.0 Å². The third-order valence-corrected chi connectivity index (χ3v) is 4.91. The number of para-hydroxylation sites is 1. The van der Waals surface area contributed by atoms with E-state index in [9.17, 15) is 14.4 Å². The molecule has 0 unspecified atom stereocenters. The fourth-order valence-electron chi connectivity index (χ4n) is 3.47. The van der Waals surface area contributed by atoms with Gasteiger partial charge < -0.3 is 19.4 Å². The number of pyridine rings is 1. The predicted molar refractivity (Wildman–Crippen MR) is 104 cm³/mol. The lowest BCUT2D eigenvalue weighted by Crippen LogP contribution is -3.13. The number of esters is 1. The molecule has 1 aliphatic rings. The van der Waals surface area contributed by atoms with Crippen LogP contribution >= 0.6 is 0 Å². The molecule has 3 rings (SSSR count). The molecule has 1 amide bonds. The zero-order valence-corrected chi connectivity index (χ0v) is 16.2. The number of H-pyrrole nitrogens is 1. The average molecular weight is 388 g/mol. The first kappa shape index (κ1) is 19.9. The van der Waals surface area contributed by atoms with E-state index in [1.165, 1.54) is 0 Å². The largest absolute Gasteiger partial charge is 0.461 e. The Bertz CT molecular complexity index is 916. The summed E-state index contributed by atoms with van der Waals surface area (Å²) in [5.74, 6) is -0.523. The van der Waals surface area contributed by atoms with Crippen LogP contribution < -0.4 is 10.3 Å². The molecule has 150 valence electrons. The molecule has 0 saturated carbocycles. The molecule has 2 heterocycles. The smallest absolute Gasteiger partial charge is 0.410 e. The van der Waals surface area contributed by atoms with Crippen molar-refractivity contribution in [2.75, 3.05) is 39.4 Å². The molecule has 8 heteroatoms. The van der Waals surface area contributed by atoms with Crippen molar-refractivity contribution in [1.29, 1.82) is 0 Å². The van der Waals surface area contributed by atoms with E-state index in [1.807, 2.05) is 6.07 Å². The number of hydrogen-bond donors (Lipinski definition) is 2. The van der Waals surface area contributed by atoms with Gasteiger partial charge in [-0.1, -0.05) is 12.1 Å². The van der Waals surface area contributed by atoms with Crippen LogP contribution in [0, 0.1) is 0 Å². The van der Waals surface area contributed by atoms with Gasteiger partial charge in [0.15, 0.2) is 5.43 Å². The first-order valence-electron chi connectivity index (χ1n) is 9.61. The van der Waals surface area contributed by atoms with Crippen molar-refractivity contribution in [3.8, 4) is 0 Å². The van der Waals surface area contributed by atoms with Crippen molar-refractivity contribution < 1.29 is 24.0 Å². The minimum atomic E-state index is -0.523. The van der Waals surface area contributed by atoms with E-state index in [-0.39, 0.29) is 23.8 Å². The molecule has 0 radical (unpaired) electrons. The number of quaternary nitrogens is 1. The van der Waals surface area contributed by atoms with Crippen LogP contribution in [0.4, 0.5) is 4.79 Å². The number of ether oxygens (including phenoxy) is 2. The summed E-state index contributed by atoms with van der Waals surface area (Å²) >= 11 is 0. The highest BCUT2D eigenvalue weighted by Crippen LogP contribution is 2.12. The Labute approximate surface area is 163 Å². The highest BCUT2D eigenvalue weighted by Gasteiger charge is 2.28. The summed E-state index contributed by atoms with van der Waals surface area (Å²) in [5.41, 5.74) is 1.10. The quantitative estimate of drug-likeness (QED) is 0.731. The maximum absolute atomic E-state index is 13.1. The monoisotopic (exact) mass is 388 g/mol. The van der Waals surface area contributed by atoms with Gasteiger partial charge >= 0.3 is 12.1 Å². The summed E-state index contributed by atoms with van der Waals surface area (Å²) in [4.78, 5) is 43.3. The van der Waals surface area contributed by atoms with Crippen molar-refractivity contribution in [2.45, 2.75) is 20.4 Å². The van der Waals surface area contributed by atoms with E-state index in [4.69, 9.17) is 9.47 Å². The van der Waals surface area contributed by atoms with Gasteiger partial charge in [-0.3, -0.25) is 9.69 Å². The zero-order chi connectivity index (χ0) is 20.1. The highest BCUT2D eigenvalue weighted by atomic mass is 16.6. The molecular weight excluding hydrogens is 362 g/mol. The molecular formula is C20H26N3O5+. The van der Waals surface area contributed by atoms with Gasteiger partial charge in [-0.2, -0.15) is 0 Å². The van der Waals surface area contributed by atoms with Crippen molar-refractivity contribution in [2.24, 2.45) is 0 Å². The number of aromatic amines is 1. The Hall–Kier alpha value is -2.87. The molecule has 1 aliphatic heterocycles. The minimum absolute atomic E-state index is 0.155. The second kappa shape index (κ2) is 8.88. The molecule has 1 fully saturated rings. The molecule has 8 nitrogen and oxygen atoms in total. The standard InChI is InChI=1S/C20H25N3O5/c1-3-27-19(25)17-15(18(24)14-7-5-6-8-16(14)21-17)13-22-9-11-23(12-10-22)20(26)28-4-2/h5-8H,3-4,9-13H2,1-2H3,(H,21,24)/p+1. The van der Waals surface area contributed by atoms with Gasteiger partial charge in [-0.25, -0.2) is 9.59 Å². The molecule has 0 aliphatic carbocycles. The van der Waals surface area contributed by atoms with Crippen molar-refractivity contribution in [1.82, 2.24) is 9.88 Å². The van der Waals surface area contributed by atoms with E-state index in [0.29, 0.717) is 55.8 Å². The Morgan fingerprint density at radius 3 is 2.46 bits per heavy atom. The second-order valence-corrected chi connectivity index (χ2v) is 6.69. The van der Waals surface area contributed by atoms with Crippen LogP contribution in [0.15, 0.2) is 29.1 Å². The molecule has 2 aromatic rings. The van der Waals surface area contributed by atoms with Crippen molar-refractivity contribution >= 4 is 23.0 Å². The number of fused-ring (bicyclic) bond motifs is 1. The maximum Gasteiger partial charge on any atom is 0.410 e. The van der Waals surface area contributed by atoms with Crippen molar-refractivity contribution in [3.63, 3.8) is 0 Å². The van der Waals surface area contributed by atoms with E-state index >= 15 is 0 Å². The first-order valence-corrected chi connectivity index (χ1v) is 9.61. The lowest BCUT2D eigenvalue weighted by Gasteiger charge is -2.31. The predicted octanol–water partition coefficient (Wildman–Crippen LogP) is 0.562. The topological polar surface area (TPSA) is 93.1 Å². The summed E-state index contributed by atoms with van der Waals surface area (Å²) in [5, 5.41) is 0.551. The van der Waals surface area contributed by atoms with Gasteiger partial charge in [0.25, 0.3) is 0 Å². The van der Waals surface area contributed by atoms with Gasteiger partial charge in [0.05, 0.1) is 45.0 Å². The number of carbonyl (C=O) groups excluding carboxylic acids is 2. The third kappa shape index (κ3) is 4.17. The fraction of sp³-hybridized carbons (Fsp3) is 0.450. The Morgan fingerprint density at radius 2 is 1.79 bits per heavy atom. The lowest BCUT2D eigenvalue weighted by molar-refractivity contribution is -0.917. The maximum atomic E-state index is 13.1. The Kier molecular flexibility index (Phi) is 6.30. The SMILES string of the molecule is CCOC(=O)c1[nH]c2ccccc2c(=O)c1C[NH+]1CCN(C(=O)OCC)CC1. The number of hydrogen-bond acceptors (Lipinski definition) is 5. The number of rotatable bonds is 5. The van der Waals surface area contributed by atoms with Crippen LogP contribution in [0.25, 0.3) is 10.9 Å². The van der Waals surface area contributed by atoms with Crippen LogP contribution in [0.1, 0.15) is 29.9 Å². The van der Waals surface area contributed by atoms with Crippen LogP contribution in [0.5, 0.6) is 0 Å². The molecule has 1 aromatic heterocycles. The summed E-state index contributed by atoms with van der Waals surface area (Å²) in [6, 6.07) is 7.14. The Balaban J connectivity index is 1.85. The molecule has 28 heavy (non-hydrogen) atoms. The second-order valence-electron chi connectivity index (χ2n) is 6.69. The van der Waals surface area contributed by atoms with E-state index in [2.05, 4.69) is 4.98 Å². The average Bonchev–Trinajstić information content (AvgIpc) is 2.71. The molecule has 0 atom stereocenters. The van der Waals surface area contributed by atoms with Gasteiger partial charge in [0.1, 0.15) is 12.2 Å². The van der Waals surface area contributed by atoms with Gasteiger partial charge in [0.2, 0.25) is 0 Å². The molecule has 1 saturated heterocycles. The third-order valence-electron chi connectivity index (χ3n) is 4.91. The summed E-state index contributed by atoms with van der Waals surface area (Å²) < 4.78 is 10.2. The van der Waals surface area contributed by atoms with E-state index in [1.54, 1.807) is 36.9 Å². The molecule has 0 bridgehead atoms. The minimum Gasteiger partial charge on any atom is -0.461 e. The number of carbonyl (C=O) groups is 2.